The molecule has 15 nitrogen and oxygen atoms in total. The monoisotopic (exact) mass is 813 g/mol. The summed E-state index contributed by atoms with van der Waals surface area (Å²) >= 11 is 0. The van der Waals surface area contributed by atoms with Crippen LogP contribution in [0.4, 0.5) is 0 Å². The van der Waals surface area contributed by atoms with Gasteiger partial charge in [0.05, 0.1) is 19.6 Å². The quantitative estimate of drug-likeness (QED) is 0.128. The third kappa shape index (κ3) is 5.98. The molecule has 15 heteroatoms. The Morgan fingerprint density at radius 3 is 0.767 bits per heavy atom. The lowest BCUT2D eigenvalue weighted by Crippen LogP contribution is -2.51. The first-order valence-corrected chi connectivity index (χ1v) is 20.6. The Balaban J connectivity index is 1.14. The molecule has 0 saturated heterocycles. The van der Waals surface area contributed by atoms with Crippen molar-refractivity contribution in [2.75, 3.05) is 0 Å². The van der Waals surface area contributed by atoms with Crippen LogP contribution < -0.4 is 28.4 Å². The van der Waals surface area contributed by atoms with Crippen molar-refractivity contribution in [1.82, 2.24) is 44.3 Å². The number of rotatable bonds is 9. The minimum atomic E-state index is -0.965. The zero-order valence-corrected chi connectivity index (χ0v) is 35.6. The molecule has 0 N–H and O–H groups in total. The predicted octanol–water partition coefficient (Wildman–Crippen LogP) is 8.73. The zero-order chi connectivity index (χ0) is 41.9. The summed E-state index contributed by atoms with van der Waals surface area (Å²) in [7, 11) is 0. The van der Waals surface area contributed by atoms with Crippen molar-refractivity contribution in [3.8, 4) is 34.5 Å². The largest absolute Gasteiger partial charge is 0.448 e. The van der Waals surface area contributed by atoms with Gasteiger partial charge in [0, 0.05) is 35.5 Å². The number of hydrogen-bond donors (Lipinski definition) is 0. The fourth-order valence-electron chi connectivity index (χ4n) is 8.80. The van der Waals surface area contributed by atoms with Crippen LogP contribution in [0, 0.1) is 16.2 Å². The van der Waals surface area contributed by atoms with Crippen molar-refractivity contribution in [2.45, 2.75) is 119 Å². The summed E-state index contributed by atoms with van der Waals surface area (Å²) in [6.07, 6.45) is 11.4. The molecule has 3 aliphatic heterocycles. The van der Waals surface area contributed by atoms with Crippen LogP contribution in [0.3, 0.4) is 0 Å². The minimum absolute atomic E-state index is 0.397. The first kappa shape index (κ1) is 38.1. The second kappa shape index (κ2) is 12.9. The molecule has 60 heavy (non-hydrogen) atoms. The molecule has 0 amide bonds. The molecule has 0 saturated carbocycles. The SMILES string of the molecule is CC(C)(C)C1(CCn2cncn2)Oc2cc3c4cc5c(cc4c4cc6c(cc4c3cc2O1)OC(CCn1cncn1)(C(C)(C)C)O6)OC(CCn1cncn1)(C(C)(C)C)O5. The van der Waals surface area contributed by atoms with Gasteiger partial charge in [0.2, 0.25) is 0 Å². The lowest BCUT2D eigenvalue weighted by atomic mass is 9.83. The van der Waals surface area contributed by atoms with Gasteiger partial charge in [-0.25, -0.2) is 15.0 Å². The van der Waals surface area contributed by atoms with Gasteiger partial charge in [-0.15, -0.1) is 0 Å². The van der Waals surface area contributed by atoms with Crippen LogP contribution in [-0.4, -0.2) is 61.7 Å². The Morgan fingerprint density at radius 1 is 0.383 bits per heavy atom. The topological polar surface area (TPSA) is 148 Å². The van der Waals surface area contributed by atoms with Gasteiger partial charge in [-0.1, -0.05) is 62.3 Å². The van der Waals surface area contributed by atoms with Crippen molar-refractivity contribution in [2.24, 2.45) is 16.2 Å². The molecule has 0 bridgehead atoms. The molecule has 0 unspecified atom stereocenters. The molecule has 0 fully saturated rings. The Labute approximate surface area is 347 Å². The van der Waals surface area contributed by atoms with Crippen molar-refractivity contribution in [3.05, 3.63) is 74.4 Å². The van der Waals surface area contributed by atoms with E-state index >= 15 is 0 Å². The number of benzene rings is 4. The van der Waals surface area contributed by atoms with Crippen LogP contribution in [0.25, 0.3) is 32.3 Å². The number of aromatic nitrogens is 9. The van der Waals surface area contributed by atoms with Crippen molar-refractivity contribution in [3.63, 3.8) is 0 Å². The average Bonchev–Trinajstić information content (AvgIpc) is 4.04. The van der Waals surface area contributed by atoms with Gasteiger partial charge >= 0.3 is 0 Å². The fraction of sp³-hybridized carbons (Fsp3) is 0.467. The van der Waals surface area contributed by atoms with E-state index in [4.69, 9.17) is 28.4 Å². The highest BCUT2D eigenvalue weighted by atomic mass is 16.7. The molecule has 312 valence electrons. The van der Waals surface area contributed by atoms with E-state index in [2.05, 4.69) is 129 Å². The average molecular weight is 814 g/mol. The first-order chi connectivity index (χ1) is 28.5. The van der Waals surface area contributed by atoms with E-state index in [0.29, 0.717) is 73.4 Å². The van der Waals surface area contributed by atoms with E-state index in [1.165, 1.54) is 0 Å². The third-order valence-corrected chi connectivity index (χ3v) is 12.6. The first-order valence-electron chi connectivity index (χ1n) is 20.6. The van der Waals surface area contributed by atoms with Crippen LogP contribution in [0.5, 0.6) is 34.5 Å². The smallest absolute Gasteiger partial charge is 0.258 e. The van der Waals surface area contributed by atoms with Crippen LogP contribution in [-0.2, 0) is 19.6 Å². The van der Waals surface area contributed by atoms with Crippen LogP contribution in [0.1, 0.15) is 81.6 Å². The Kier molecular flexibility index (Phi) is 8.22. The molecule has 4 aromatic carbocycles. The number of aryl methyl sites for hydroxylation is 3. The Morgan fingerprint density at radius 2 is 0.600 bits per heavy atom. The van der Waals surface area contributed by atoms with Gasteiger partial charge in [0.15, 0.2) is 34.5 Å². The van der Waals surface area contributed by atoms with Gasteiger partial charge in [-0.2, -0.15) is 15.3 Å². The molecule has 6 heterocycles. The van der Waals surface area contributed by atoms with E-state index in [-0.39, 0.29) is 0 Å². The minimum Gasteiger partial charge on any atom is -0.448 e. The number of nitrogens with zero attached hydrogens (tertiary/aromatic N) is 9. The van der Waals surface area contributed by atoms with Crippen LogP contribution >= 0.6 is 0 Å². The van der Waals surface area contributed by atoms with Gasteiger partial charge in [0.25, 0.3) is 17.4 Å². The molecular weight excluding hydrogens is 763 g/mol. The summed E-state index contributed by atoms with van der Waals surface area (Å²) in [4.78, 5) is 12.4. The van der Waals surface area contributed by atoms with E-state index in [1.54, 1.807) is 52.0 Å². The summed E-state index contributed by atoms with van der Waals surface area (Å²) in [6, 6.07) is 12.7. The Bertz CT molecular complexity index is 2310. The third-order valence-electron chi connectivity index (χ3n) is 12.6. The molecule has 0 aliphatic carbocycles. The maximum Gasteiger partial charge on any atom is 0.258 e. The van der Waals surface area contributed by atoms with Gasteiger partial charge < -0.3 is 28.4 Å². The van der Waals surface area contributed by atoms with Crippen LogP contribution in [0.15, 0.2) is 74.4 Å². The van der Waals surface area contributed by atoms with Crippen molar-refractivity contribution in [1.29, 1.82) is 0 Å². The highest BCUT2D eigenvalue weighted by Gasteiger charge is 2.54. The van der Waals surface area contributed by atoms with E-state index < -0.39 is 33.6 Å². The second-order valence-corrected chi connectivity index (χ2v) is 19.4. The Hall–Kier alpha value is -6.12. The standard InChI is InChI=1S/C45H51N9O6/c1-40(2,3)43(10-13-52-25-46-22-49-52)55-34-16-28-29(17-35(34)56-43)31-19-37-39(60-45(58-37,42(7,8)9)12-15-54-27-48-24-51-54)21-33(31)32-20-38-36(18-30(28)32)57-44(59-38,41(4,5)6)11-14-53-26-47-23-50-53/h16-27H,10-15H2,1-9H3. The predicted molar refractivity (Wildman–Crippen MR) is 223 cm³/mol. The highest BCUT2D eigenvalue weighted by Crippen LogP contribution is 2.57. The molecule has 3 aliphatic rings. The van der Waals surface area contributed by atoms with Gasteiger partial charge in [0.1, 0.15) is 38.0 Å². The van der Waals surface area contributed by atoms with Crippen molar-refractivity contribution >= 4 is 32.3 Å². The zero-order valence-electron chi connectivity index (χ0n) is 35.6. The highest BCUT2D eigenvalue weighted by molar-refractivity contribution is 6.27. The second-order valence-electron chi connectivity index (χ2n) is 19.4. The number of fused-ring (bicyclic) bond motifs is 9. The molecule has 3 aromatic heterocycles. The summed E-state index contributed by atoms with van der Waals surface area (Å²) in [5, 5.41) is 18.9. The molecule has 0 radical (unpaired) electrons. The van der Waals surface area contributed by atoms with E-state index in [1.807, 2.05) is 0 Å². The molecular formula is C45H51N9O6. The fourth-order valence-corrected chi connectivity index (χ4v) is 8.80. The van der Waals surface area contributed by atoms with Crippen LogP contribution in [0.2, 0.25) is 0 Å². The van der Waals surface area contributed by atoms with E-state index in [0.717, 1.165) is 32.3 Å². The van der Waals surface area contributed by atoms with Gasteiger partial charge in [-0.3, -0.25) is 14.0 Å². The van der Waals surface area contributed by atoms with Crippen molar-refractivity contribution < 1.29 is 28.4 Å². The molecule has 0 spiro atoms. The summed E-state index contributed by atoms with van der Waals surface area (Å²) < 4.78 is 47.1. The number of ether oxygens (including phenoxy) is 6. The maximum atomic E-state index is 6.95. The summed E-state index contributed by atoms with van der Waals surface area (Å²) in [5.41, 5.74) is -1.19. The molecule has 7 aromatic rings. The summed E-state index contributed by atoms with van der Waals surface area (Å²) in [5.74, 6) is 1.14. The van der Waals surface area contributed by atoms with E-state index in [9.17, 15) is 0 Å². The number of hydrogen-bond acceptors (Lipinski definition) is 12. The molecule has 10 rings (SSSR count). The van der Waals surface area contributed by atoms with Gasteiger partial charge in [-0.05, 0) is 68.7 Å². The lowest BCUT2D eigenvalue weighted by Gasteiger charge is -2.39. The molecule has 0 atom stereocenters. The lowest BCUT2D eigenvalue weighted by molar-refractivity contribution is -0.165. The normalized spacial score (nSPS) is 22.1. The summed E-state index contributed by atoms with van der Waals surface area (Å²) in [6.45, 7) is 21.0. The maximum absolute atomic E-state index is 6.95.